The Morgan fingerprint density at radius 1 is 1.20 bits per heavy atom. The minimum atomic E-state index is -3.84. The number of nitrogens with two attached hydrogens (primary N) is 1. The third-order valence-electron chi connectivity index (χ3n) is 3.27. The van der Waals surface area contributed by atoms with E-state index in [0.717, 1.165) is 18.7 Å². The normalized spacial score (nSPS) is 14.6. The van der Waals surface area contributed by atoms with Crippen LogP contribution in [0.2, 0.25) is 0 Å². The molecule has 112 valence electrons. The van der Waals surface area contributed by atoms with Gasteiger partial charge in [-0.1, -0.05) is 13.8 Å². The molecule has 0 aromatic heterocycles. The zero-order chi connectivity index (χ0) is 14.8. The summed E-state index contributed by atoms with van der Waals surface area (Å²) in [5, 5.41) is 5.27. The summed E-state index contributed by atoms with van der Waals surface area (Å²) >= 11 is 0. The number of hydrogen-bond donors (Lipinski definition) is 1. The standard InChI is InChI=1S/C13H20N2O4S/c1-3-15(4-2)9-10-7-11-13(19-6-5-18-11)12(8-10)20(14,16)17/h7-8H,3-6,9H2,1-2H3,(H2,14,16,17). The molecule has 0 atom stereocenters. The van der Waals surface area contributed by atoms with Crippen LogP contribution in [0.5, 0.6) is 11.5 Å². The van der Waals surface area contributed by atoms with Crippen molar-refractivity contribution in [3.63, 3.8) is 0 Å². The molecule has 7 heteroatoms. The number of benzene rings is 1. The van der Waals surface area contributed by atoms with Crippen molar-refractivity contribution in [1.82, 2.24) is 4.90 Å². The molecule has 0 radical (unpaired) electrons. The fourth-order valence-corrected chi connectivity index (χ4v) is 2.92. The second-order valence-electron chi connectivity index (χ2n) is 4.62. The van der Waals surface area contributed by atoms with Gasteiger partial charge in [0.05, 0.1) is 0 Å². The highest BCUT2D eigenvalue weighted by atomic mass is 32.2. The van der Waals surface area contributed by atoms with Crippen LogP contribution >= 0.6 is 0 Å². The second-order valence-corrected chi connectivity index (χ2v) is 6.15. The van der Waals surface area contributed by atoms with Crippen molar-refractivity contribution in [3.05, 3.63) is 17.7 Å². The lowest BCUT2D eigenvalue weighted by Gasteiger charge is -2.23. The van der Waals surface area contributed by atoms with Gasteiger partial charge in [-0.2, -0.15) is 0 Å². The monoisotopic (exact) mass is 300 g/mol. The lowest BCUT2D eigenvalue weighted by atomic mass is 10.1. The van der Waals surface area contributed by atoms with Gasteiger partial charge in [-0.25, -0.2) is 13.6 Å². The Balaban J connectivity index is 2.45. The summed E-state index contributed by atoms with van der Waals surface area (Å²) in [6.45, 7) is 7.26. The molecule has 0 spiro atoms. The molecule has 0 amide bonds. The molecule has 6 nitrogen and oxygen atoms in total. The van der Waals surface area contributed by atoms with Crippen LogP contribution in [0.3, 0.4) is 0 Å². The summed E-state index contributed by atoms with van der Waals surface area (Å²) in [4.78, 5) is 2.18. The van der Waals surface area contributed by atoms with E-state index in [1.165, 1.54) is 0 Å². The zero-order valence-electron chi connectivity index (χ0n) is 11.8. The SMILES string of the molecule is CCN(CC)Cc1cc2c(c(S(N)(=O)=O)c1)OCCO2. The van der Waals surface area contributed by atoms with Crippen LogP contribution in [0.4, 0.5) is 0 Å². The van der Waals surface area contributed by atoms with Crippen LogP contribution in [0, 0.1) is 0 Å². The first-order valence-corrected chi connectivity index (χ1v) is 8.18. The maximum absolute atomic E-state index is 11.7. The van der Waals surface area contributed by atoms with Crippen molar-refractivity contribution in [2.75, 3.05) is 26.3 Å². The quantitative estimate of drug-likeness (QED) is 0.875. The van der Waals surface area contributed by atoms with Crippen molar-refractivity contribution in [1.29, 1.82) is 0 Å². The number of ether oxygens (including phenoxy) is 2. The van der Waals surface area contributed by atoms with Gasteiger partial charge in [0.2, 0.25) is 10.0 Å². The number of fused-ring (bicyclic) bond motifs is 1. The lowest BCUT2D eigenvalue weighted by molar-refractivity contribution is 0.166. The first kappa shape index (κ1) is 15.1. The summed E-state index contributed by atoms with van der Waals surface area (Å²) in [6.07, 6.45) is 0. The van der Waals surface area contributed by atoms with E-state index < -0.39 is 10.0 Å². The molecule has 0 unspecified atom stereocenters. The van der Waals surface area contributed by atoms with E-state index >= 15 is 0 Å². The summed E-state index contributed by atoms with van der Waals surface area (Å²) in [7, 11) is -3.84. The van der Waals surface area contributed by atoms with Crippen molar-refractivity contribution in [2.45, 2.75) is 25.3 Å². The molecule has 0 fully saturated rings. The third kappa shape index (κ3) is 3.23. The number of primary sulfonamides is 1. The molecular weight excluding hydrogens is 280 g/mol. The summed E-state index contributed by atoms with van der Waals surface area (Å²) < 4.78 is 34.3. The molecule has 0 saturated heterocycles. The Hall–Kier alpha value is -1.31. The first-order valence-electron chi connectivity index (χ1n) is 6.63. The van der Waals surface area contributed by atoms with E-state index in [1.807, 2.05) is 6.07 Å². The Morgan fingerprint density at radius 2 is 1.85 bits per heavy atom. The number of sulfonamides is 1. The van der Waals surface area contributed by atoms with Gasteiger partial charge in [0.15, 0.2) is 11.5 Å². The minimum Gasteiger partial charge on any atom is -0.486 e. The molecule has 2 N–H and O–H groups in total. The zero-order valence-corrected chi connectivity index (χ0v) is 12.6. The van der Waals surface area contributed by atoms with Crippen LogP contribution in [-0.2, 0) is 16.6 Å². The van der Waals surface area contributed by atoms with Crippen molar-refractivity contribution in [3.8, 4) is 11.5 Å². The van der Waals surface area contributed by atoms with Gasteiger partial charge in [0.25, 0.3) is 0 Å². The molecule has 1 aliphatic rings. The van der Waals surface area contributed by atoms with E-state index in [2.05, 4.69) is 18.7 Å². The average molecular weight is 300 g/mol. The topological polar surface area (TPSA) is 81.9 Å². The highest BCUT2D eigenvalue weighted by Crippen LogP contribution is 2.37. The van der Waals surface area contributed by atoms with E-state index in [-0.39, 0.29) is 10.6 Å². The van der Waals surface area contributed by atoms with Gasteiger partial charge < -0.3 is 9.47 Å². The smallest absolute Gasteiger partial charge is 0.241 e. The first-order chi connectivity index (χ1) is 9.45. The number of hydrogen-bond acceptors (Lipinski definition) is 5. The summed E-state index contributed by atoms with van der Waals surface area (Å²) in [6, 6.07) is 3.39. The molecule has 2 rings (SSSR count). The van der Waals surface area contributed by atoms with Gasteiger partial charge in [-0.05, 0) is 30.8 Å². The molecular formula is C13H20N2O4S. The van der Waals surface area contributed by atoms with Crippen LogP contribution in [-0.4, -0.2) is 39.6 Å². The van der Waals surface area contributed by atoms with Crippen LogP contribution in [0.1, 0.15) is 19.4 Å². The highest BCUT2D eigenvalue weighted by molar-refractivity contribution is 7.89. The van der Waals surface area contributed by atoms with E-state index in [9.17, 15) is 8.42 Å². The fourth-order valence-electron chi connectivity index (χ4n) is 2.18. The molecule has 20 heavy (non-hydrogen) atoms. The van der Waals surface area contributed by atoms with Crippen LogP contribution < -0.4 is 14.6 Å². The van der Waals surface area contributed by atoms with Crippen molar-refractivity contribution >= 4 is 10.0 Å². The molecule has 1 heterocycles. The Bertz CT molecular complexity index is 582. The van der Waals surface area contributed by atoms with E-state index in [0.29, 0.717) is 25.5 Å². The second kappa shape index (κ2) is 5.99. The predicted molar refractivity (Wildman–Crippen MR) is 75.4 cm³/mol. The minimum absolute atomic E-state index is 0.00291. The van der Waals surface area contributed by atoms with E-state index in [1.54, 1.807) is 6.07 Å². The molecule has 1 aromatic carbocycles. The predicted octanol–water partition coefficient (Wildman–Crippen LogP) is 0.947. The highest BCUT2D eigenvalue weighted by Gasteiger charge is 2.24. The number of nitrogens with zero attached hydrogens (tertiary/aromatic N) is 1. The molecule has 0 saturated carbocycles. The Kier molecular flexibility index (Phi) is 4.52. The molecule has 0 aliphatic carbocycles. The van der Waals surface area contributed by atoms with Crippen LogP contribution in [0.25, 0.3) is 0 Å². The van der Waals surface area contributed by atoms with Gasteiger partial charge in [-0.3, -0.25) is 4.90 Å². The van der Waals surface area contributed by atoms with Gasteiger partial charge in [0.1, 0.15) is 18.1 Å². The van der Waals surface area contributed by atoms with Gasteiger partial charge in [0, 0.05) is 6.54 Å². The maximum Gasteiger partial charge on any atom is 0.241 e. The van der Waals surface area contributed by atoms with Crippen LogP contribution in [0.15, 0.2) is 17.0 Å². The Labute approximate surface area is 119 Å². The van der Waals surface area contributed by atoms with E-state index in [4.69, 9.17) is 14.6 Å². The number of rotatable bonds is 5. The summed E-state index contributed by atoms with van der Waals surface area (Å²) in [5.74, 6) is 0.673. The molecule has 1 aliphatic heterocycles. The van der Waals surface area contributed by atoms with Gasteiger partial charge >= 0.3 is 0 Å². The third-order valence-corrected chi connectivity index (χ3v) is 4.19. The van der Waals surface area contributed by atoms with Gasteiger partial charge in [-0.15, -0.1) is 0 Å². The Morgan fingerprint density at radius 3 is 2.45 bits per heavy atom. The summed E-state index contributed by atoms with van der Waals surface area (Å²) in [5.41, 5.74) is 0.849. The van der Waals surface area contributed by atoms with Crippen molar-refractivity contribution < 1.29 is 17.9 Å². The molecule has 0 bridgehead atoms. The largest absolute Gasteiger partial charge is 0.486 e. The fraction of sp³-hybridized carbons (Fsp3) is 0.538. The van der Waals surface area contributed by atoms with Crippen molar-refractivity contribution in [2.24, 2.45) is 5.14 Å². The lowest BCUT2D eigenvalue weighted by Crippen LogP contribution is -2.24. The molecule has 1 aromatic rings. The average Bonchev–Trinajstić information content (AvgIpc) is 2.42. The maximum atomic E-state index is 11.7.